The third kappa shape index (κ3) is 41.9. The van der Waals surface area contributed by atoms with Gasteiger partial charge in [-0.3, -0.25) is 14.4 Å². The second-order valence-electron chi connectivity index (χ2n) is 21.7. The Kier molecular flexibility index (Phi) is 48.6. The van der Waals surface area contributed by atoms with Gasteiger partial charge in [0.25, 0.3) is 0 Å². The molecule has 0 aromatic rings. The topological polar surface area (TPSA) is 175 Å². The molecule has 0 spiro atoms. The summed E-state index contributed by atoms with van der Waals surface area (Å²) in [7, 11) is 0. The zero-order valence-corrected chi connectivity index (χ0v) is 48.3. The minimum atomic E-state index is -1.90. The normalized spacial score (nSPS) is 18.2. The molecule has 0 aliphatic carbocycles. The molecule has 0 saturated carbocycles. The van der Waals surface area contributed by atoms with E-state index >= 15 is 0 Å². The largest absolute Gasteiger partial charge is 0.479 e. The van der Waals surface area contributed by atoms with Crippen LogP contribution in [-0.4, -0.2) is 89.2 Å². The molecule has 12 nitrogen and oxygen atoms in total. The van der Waals surface area contributed by atoms with Crippen molar-refractivity contribution in [3.8, 4) is 0 Å². The number of esters is 3. The van der Waals surface area contributed by atoms with Gasteiger partial charge in [-0.05, 0) is 51.4 Å². The molecule has 12 heteroatoms. The quantitative estimate of drug-likeness (QED) is 0.0228. The van der Waals surface area contributed by atoms with Crippen molar-refractivity contribution in [2.75, 3.05) is 13.2 Å². The maximum absolute atomic E-state index is 13.1. The van der Waals surface area contributed by atoms with E-state index in [4.69, 9.17) is 23.7 Å². The number of rotatable bonds is 54. The lowest BCUT2D eigenvalue weighted by molar-refractivity contribution is -0.301. The van der Waals surface area contributed by atoms with Gasteiger partial charge in [0.2, 0.25) is 0 Å². The Morgan fingerprint density at radius 2 is 0.800 bits per heavy atom. The van der Waals surface area contributed by atoms with Gasteiger partial charge in [0, 0.05) is 19.3 Å². The van der Waals surface area contributed by atoms with Crippen molar-refractivity contribution in [1.29, 1.82) is 0 Å². The summed E-state index contributed by atoms with van der Waals surface area (Å²) in [5, 5.41) is 31.5. The van der Waals surface area contributed by atoms with Gasteiger partial charge in [-0.1, -0.05) is 257 Å². The maximum atomic E-state index is 13.1. The molecule has 6 unspecified atom stereocenters. The molecule has 0 aromatic heterocycles. The lowest BCUT2D eigenvalue weighted by Crippen LogP contribution is -2.61. The average Bonchev–Trinajstić information content (AvgIpc) is 3.39. The Morgan fingerprint density at radius 3 is 1.23 bits per heavy atom. The first kappa shape index (κ1) is 70.2. The second-order valence-corrected chi connectivity index (χ2v) is 21.7. The molecule has 0 bridgehead atoms. The molecule has 438 valence electrons. The summed E-state index contributed by atoms with van der Waals surface area (Å²) in [6, 6.07) is 0. The number of carbonyl (C=O) groups excluding carboxylic acids is 3. The van der Waals surface area contributed by atoms with Gasteiger partial charge in [-0.2, -0.15) is 0 Å². The number of hydrogen-bond donors (Lipinski definition) is 3. The highest BCUT2D eigenvalue weighted by Gasteiger charge is 2.50. The number of carboxylic acids is 1. The van der Waals surface area contributed by atoms with Crippen LogP contribution in [0.4, 0.5) is 0 Å². The fourth-order valence-corrected chi connectivity index (χ4v) is 9.69. The Balaban J connectivity index is 2.59. The highest BCUT2D eigenvalue weighted by Crippen LogP contribution is 2.27. The summed E-state index contributed by atoms with van der Waals surface area (Å²) >= 11 is 0. The molecule has 1 fully saturated rings. The van der Waals surface area contributed by atoms with Crippen molar-refractivity contribution < 1.29 is 58.2 Å². The molecule has 75 heavy (non-hydrogen) atoms. The molecule has 0 amide bonds. The van der Waals surface area contributed by atoms with Gasteiger partial charge < -0.3 is 39.0 Å². The van der Waals surface area contributed by atoms with Crippen LogP contribution in [0.5, 0.6) is 0 Å². The van der Waals surface area contributed by atoms with Crippen molar-refractivity contribution in [2.45, 2.75) is 340 Å². The highest BCUT2D eigenvalue weighted by atomic mass is 16.7. The number of aliphatic hydroxyl groups excluding tert-OH is 2. The van der Waals surface area contributed by atoms with Gasteiger partial charge in [0.15, 0.2) is 24.6 Å². The number of carbonyl (C=O) groups is 4. The molecular formula is C63H114O12. The van der Waals surface area contributed by atoms with Crippen LogP contribution in [-0.2, 0) is 42.9 Å². The van der Waals surface area contributed by atoms with Crippen LogP contribution in [0, 0.1) is 0 Å². The number of aliphatic hydroxyl groups is 2. The van der Waals surface area contributed by atoms with Crippen molar-refractivity contribution in [1.82, 2.24) is 0 Å². The van der Waals surface area contributed by atoms with Gasteiger partial charge in [-0.15, -0.1) is 0 Å². The molecular weight excluding hydrogens is 949 g/mol. The Labute approximate surface area is 458 Å². The van der Waals surface area contributed by atoms with E-state index < -0.39 is 67.3 Å². The number of ether oxygens (including phenoxy) is 5. The summed E-state index contributed by atoms with van der Waals surface area (Å²) in [5.74, 6) is -3.09. The van der Waals surface area contributed by atoms with E-state index in [1.54, 1.807) is 0 Å². The summed E-state index contributed by atoms with van der Waals surface area (Å²) in [6.45, 7) is 5.98. The number of unbranched alkanes of at least 4 members (excludes halogenated alkanes) is 36. The predicted octanol–water partition coefficient (Wildman–Crippen LogP) is 16.2. The molecule has 3 N–H and O–H groups in total. The van der Waals surface area contributed by atoms with Crippen molar-refractivity contribution in [3.05, 3.63) is 24.3 Å². The first-order chi connectivity index (χ1) is 36.6. The van der Waals surface area contributed by atoms with Crippen LogP contribution in [0.3, 0.4) is 0 Å². The predicted molar refractivity (Wildman–Crippen MR) is 303 cm³/mol. The lowest BCUT2D eigenvalue weighted by Gasteiger charge is -2.40. The molecule has 6 atom stereocenters. The van der Waals surface area contributed by atoms with Gasteiger partial charge in [-0.25, -0.2) is 4.79 Å². The average molecular weight is 1060 g/mol. The van der Waals surface area contributed by atoms with Crippen LogP contribution < -0.4 is 0 Å². The zero-order chi connectivity index (χ0) is 54.7. The lowest BCUT2D eigenvalue weighted by atomic mass is 9.98. The third-order valence-electron chi connectivity index (χ3n) is 14.5. The number of hydrogen-bond acceptors (Lipinski definition) is 11. The summed E-state index contributed by atoms with van der Waals surface area (Å²) in [4.78, 5) is 51.1. The van der Waals surface area contributed by atoms with Crippen molar-refractivity contribution >= 4 is 23.9 Å². The number of allylic oxidation sites excluding steroid dienone is 4. The fraction of sp³-hybridized carbons (Fsp3) is 0.873. The molecule has 1 saturated heterocycles. The molecule has 0 radical (unpaired) electrons. The highest BCUT2D eigenvalue weighted by molar-refractivity contribution is 5.74. The minimum Gasteiger partial charge on any atom is -0.479 e. The van der Waals surface area contributed by atoms with Crippen molar-refractivity contribution in [3.63, 3.8) is 0 Å². The van der Waals surface area contributed by atoms with E-state index in [-0.39, 0.29) is 25.9 Å². The monoisotopic (exact) mass is 1060 g/mol. The molecule has 1 rings (SSSR count). The Morgan fingerprint density at radius 1 is 0.440 bits per heavy atom. The summed E-state index contributed by atoms with van der Waals surface area (Å²) in [5.41, 5.74) is 0. The Bertz CT molecular complexity index is 1400. The summed E-state index contributed by atoms with van der Waals surface area (Å²) < 4.78 is 28.4. The summed E-state index contributed by atoms with van der Waals surface area (Å²) in [6.07, 6.45) is 47.2. The van der Waals surface area contributed by atoms with Gasteiger partial charge in [0.05, 0.1) is 6.61 Å². The van der Waals surface area contributed by atoms with E-state index in [0.717, 1.165) is 77.0 Å². The van der Waals surface area contributed by atoms with E-state index in [0.29, 0.717) is 19.3 Å². The van der Waals surface area contributed by atoms with E-state index in [1.807, 2.05) is 0 Å². The SMILES string of the molecule is CCCCC/C=C\C/C=C\CCCCCCCCCCCC(=O)OC1C(OCC(COC(=O)CCCCCCCCCCCCCCCCCCC)OC(=O)CCCCCCCCCCC)OC(C(=O)O)C(O)C1O. The smallest absolute Gasteiger partial charge is 0.335 e. The zero-order valence-electron chi connectivity index (χ0n) is 48.3. The minimum absolute atomic E-state index is 0.0606. The molecule has 1 heterocycles. The van der Waals surface area contributed by atoms with E-state index in [1.165, 1.54) is 167 Å². The van der Waals surface area contributed by atoms with E-state index in [9.17, 15) is 34.5 Å². The molecule has 1 aliphatic heterocycles. The fourth-order valence-electron chi connectivity index (χ4n) is 9.69. The van der Waals surface area contributed by atoms with Crippen molar-refractivity contribution in [2.24, 2.45) is 0 Å². The van der Waals surface area contributed by atoms with Crippen LogP contribution in [0.1, 0.15) is 303 Å². The first-order valence-corrected chi connectivity index (χ1v) is 31.3. The maximum Gasteiger partial charge on any atom is 0.335 e. The van der Waals surface area contributed by atoms with Gasteiger partial charge in [0.1, 0.15) is 18.8 Å². The standard InChI is InChI=1S/C63H114O12/c1-4-7-10-13-16-19-21-23-25-27-28-30-32-34-36-39-42-45-48-51-57(66)74-61-59(68)58(67)60(62(69)70)75-63(61)72-53-54(73-56(65)50-47-44-41-37-18-15-12-9-6-3)52-71-55(64)49-46-43-40-38-35-33-31-29-26-24-22-20-17-14-11-8-5-2/h16,19,23,25,54,58-61,63,67-68H,4-15,17-18,20-22,24,26-53H2,1-3H3,(H,69,70)/b19-16-,25-23-. The second kappa shape index (κ2) is 51.9. The van der Waals surface area contributed by atoms with Crippen LogP contribution in [0.2, 0.25) is 0 Å². The first-order valence-electron chi connectivity index (χ1n) is 31.3. The van der Waals surface area contributed by atoms with Crippen LogP contribution >= 0.6 is 0 Å². The molecule has 0 aromatic carbocycles. The van der Waals surface area contributed by atoms with Crippen LogP contribution in [0.25, 0.3) is 0 Å². The van der Waals surface area contributed by atoms with E-state index in [2.05, 4.69) is 45.1 Å². The third-order valence-corrected chi connectivity index (χ3v) is 14.5. The Hall–Kier alpha value is -2.80. The van der Waals surface area contributed by atoms with Gasteiger partial charge >= 0.3 is 23.9 Å². The van der Waals surface area contributed by atoms with Crippen LogP contribution in [0.15, 0.2) is 24.3 Å². The number of carboxylic acid groups (broad SMARTS) is 1. The number of aliphatic carboxylic acids is 1. The molecule has 1 aliphatic rings.